The van der Waals surface area contributed by atoms with E-state index < -0.39 is 22.5 Å². The average Bonchev–Trinajstić information content (AvgIpc) is 3.23. The number of sulfonamides is 1. The minimum absolute atomic E-state index is 0.00290. The van der Waals surface area contributed by atoms with Crippen LogP contribution in [0.2, 0.25) is 15.1 Å². The Labute approximate surface area is 199 Å². The van der Waals surface area contributed by atoms with Gasteiger partial charge in [0.2, 0.25) is 10.0 Å². The molecule has 1 aromatic heterocycles. The number of nitrogens with zero attached hydrogens (tertiary/aromatic N) is 2. The SMILES string of the molecule is O=C(CN(Cc1ccc(Cl)cc1Cl)S(=O)(=O)c1ccc(Cl)cc1)N/N=C\c1cccs1. The molecule has 0 aliphatic rings. The molecule has 0 spiro atoms. The first-order chi connectivity index (χ1) is 14.8. The summed E-state index contributed by atoms with van der Waals surface area (Å²) in [5, 5.41) is 6.85. The fourth-order valence-corrected chi connectivity index (χ4v) is 5.10. The number of thiophene rings is 1. The first-order valence-electron chi connectivity index (χ1n) is 8.81. The van der Waals surface area contributed by atoms with Gasteiger partial charge in [0.1, 0.15) is 0 Å². The van der Waals surface area contributed by atoms with Crippen LogP contribution in [0.4, 0.5) is 0 Å². The maximum absolute atomic E-state index is 13.2. The largest absolute Gasteiger partial charge is 0.272 e. The summed E-state index contributed by atoms with van der Waals surface area (Å²) >= 11 is 19.5. The Morgan fingerprint density at radius 2 is 1.77 bits per heavy atom. The highest BCUT2D eigenvalue weighted by molar-refractivity contribution is 7.89. The molecule has 0 aliphatic heterocycles. The summed E-state index contributed by atoms with van der Waals surface area (Å²) in [4.78, 5) is 13.3. The number of carbonyl (C=O) groups excluding carboxylic acids is 1. The van der Waals surface area contributed by atoms with Gasteiger partial charge in [0.15, 0.2) is 0 Å². The van der Waals surface area contributed by atoms with E-state index in [0.717, 1.165) is 9.18 Å². The predicted octanol–water partition coefficient (Wildman–Crippen LogP) is 5.05. The highest BCUT2D eigenvalue weighted by atomic mass is 35.5. The monoisotopic (exact) mass is 515 g/mol. The van der Waals surface area contributed by atoms with Gasteiger partial charge >= 0.3 is 0 Å². The number of halogens is 3. The van der Waals surface area contributed by atoms with Crippen molar-refractivity contribution >= 4 is 68.3 Å². The molecule has 0 bridgehead atoms. The van der Waals surface area contributed by atoms with E-state index in [0.29, 0.717) is 20.6 Å². The molecule has 0 radical (unpaired) electrons. The van der Waals surface area contributed by atoms with E-state index in [-0.39, 0.29) is 11.4 Å². The zero-order valence-electron chi connectivity index (χ0n) is 15.8. The van der Waals surface area contributed by atoms with Gasteiger partial charge in [0.25, 0.3) is 5.91 Å². The number of benzene rings is 2. The fraction of sp³-hybridized carbons (Fsp3) is 0.100. The second kappa shape index (κ2) is 10.6. The van der Waals surface area contributed by atoms with Gasteiger partial charge in [-0.15, -0.1) is 11.3 Å². The highest BCUT2D eigenvalue weighted by Gasteiger charge is 2.27. The third kappa shape index (κ3) is 6.52. The molecule has 0 atom stereocenters. The van der Waals surface area contributed by atoms with Gasteiger partial charge in [0, 0.05) is 26.5 Å². The van der Waals surface area contributed by atoms with Crippen molar-refractivity contribution in [3.8, 4) is 0 Å². The molecule has 0 saturated heterocycles. The summed E-state index contributed by atoms with van der Waals surface area (Å²) in [5.74, 6) is -0.601. The molecular formula is C20H16Cl3N3O3S2. The van der Waals surface area contributed by atoms with Crippen LogP contribution in [0.1, 0.15) is 10.4 Å². The first-order valence-corrected chi connectivity index (χ1v) is 12.3. The van der Waals surface area contributed by atoms with E-state index in [1.807, 2.05) is 17.5 Å². The summed E-state index contributed by atoms with van der Waals surface area (Å²) in [6, 6.07) is 14.1. The van der Waals surface area contributed by atoms with Crippen molar-refractivity contribution in [1.82, 2.24) is 9.73 Å². The van der Waals surface area contributed by atoms with Crippen LogP contribution in [0, 0.1) is 0 Å². The molecule has 162 valence electrons. The Bertz CT molecular complexity index is 1180. The van der Waals surface area contributed by atoms with Gasteiger partial charge in [0.05, 0.1) is 17.7 Å². The second-order valence-corrected chi connectivity index (χ2v) is 10.5. The smallest absolute Gasteiger partial charge is 0.255 e. The number of rotatable bonds is 8. The van der Waals surface area contributed by atoms with E-state index in [9.17, 15) is 13.2 Å². The van der Waals surface area contributed by atoms with Crippen LogP contribution in [-0.4, -0.2) is 31.4 Å². The summed E-state index contributed by atoms with van der Waals surface area (Å²) < 4.78 is 27.5. The van der Waals surface area contributed by atoms with Crippen molar-refractivity contribution in [3.05, 3.63) is 85.5 Å². The molecule has 0 fully saturated rings. The van der Waals surface area contributed by atoms with E-state index in [1.165, 1.54) is 47.9 Å². The standard InChI is InChI=1S/C20H16Cl3N3O3S2/c21-15-5-7-18(8-6-15)31(28,29)26(12-14-3-4-16(22)10-19(14)23)13-20(27)25-24-11-17-2-1-9-30-17/h1-11H,12-13H2,(H,25,27)/b24-11-. The Balaban J connectivity index is 1.84. The van der Waals surface area contributed by atoms with Gasteiger partial charge in [-0.05, 0) is 53.4 Å². The number of hydrogen-bond donors (Lipinski definition) is 1. The molecule has 31 heavy (non-hydrogen) atoms. The van der Waals surface area contributed by atoms with Gasteiger partial charge < -0.3 is 0 Å². The lowest BCUT2D eigenvalue weighted by Gasteiger charge is -2.22. The fourth-order valence-electron chi connectivity index (χ4n) is 2.55. The van der Waals surface area contributed by atoms with Crippen LogP contribution < -0.4 is 5.43 Å². The molecule has 2 aromatic carbocycles. The van der Waals surface area contributed by atoms with Crippen molar-refractivity contribution in [2.45, 2.75) is 11.4 Å². The lowest BCUT2D eigenvalue weighted by molar-refractivity contribution is -0.121. The summed E-state index contributed by atoms with van der Waals surface area (Å²) in [7, 11) is -4.03. The molecule has 1 N–H and O–H groups in total. The lowest BCUT2D eigenvalue weighted by atomic mass is 10.2. The van der Waals surface area contributed by atoms with Crippen molar-refractivity contribution < 1.29 is 13.2 Å². The molecule has 1 amide bonds. The highest BCUT2D eigenvalue weighted by Crippen LogP contribution is 2.25. The maximum atomic E-state index is 13.2. The molecule has 0 unspecified atom stereocenters. The molecule has 3 aromatic rings. The number of carbonyl (C=O) groups is 1. The Morgan fingerprint density at radius 3 is 2.42 bits per heavy atom. The number of hydrazone groups is 1. The van der Waals surface area contributed by atoms with Crippen LogP contribution in [0.15, 0.2) is 70.0 Å². The third-order valence-electron chi connectivity index (χ3n) is 4.06. The normalized spacial score (nSPS) is 11.9. The van der Waals surface area contributed by atoms with Crippen molar-refractivity contribution in [2.75, 3.05) is 6.54 Å². The maximum Gasteiger partial charge on any atom is 0.255 e. The van der Waals surface area contributed by atoms with E-state index >= 15 is 0 Å². The number of hydrogen-bond acceptors (Lipinski definition) is 5. The van der Waals surface area contributed by atoms with Crippen LogP contribution in [0.25, 0.3) is 0 Å². The zero-order chi connectivity index (χ0) is 22.4. The summed E-state index contributed by atoms with van der Waals surface area (Å²) in [6.45, 7) is -0.602. The van der Waals surface area contributed by atoms with Crippen LogP contribution in [0.5, 0.6) is 0 Å². The van der Waals surface area contributed by atoms with Gasteiger partial charge in [-0.1, -0.05) is 46.9 Å². The number of nitrogens with one attached hydrogen (secondary N) is 1. The Morgan fingerprint density at radius 1 is 1.06 bits per heavy atom. The van der Waals surface area contributed by atoms with Crippen molar-refractivity contribution in [2.24, 2.45) is 5.10 Å². The molecule has 6 nitrogen and oxygen atoms in total. The lowest BCUT2D eigenvalue weighted by Crippen LogP contribution is -2.39. The van der Waals surface area contributed by atoms with Crippen LogP contribution in [-0.2, 0) is 21.4 Å². The Hall–Kier alpha value is -1.94. The van der Waals surface area contributed by atoms with Crippen LogP contribution in [0.3, 0.4) is 0 Å². The minimum Gasteiger partial charge on any atom is -0.272 e. The van der Waals surface area contributed by atoms with Gasteiger partial charge in [-0.3, -0.25) is 4.79 Å². The van der Waals surface area contributed by atoms with Gasteiger partial charge in [-0.2, -0.15) is 9.41 Å². The summed E-state index contributed by atoms with van der Waals surface area (Å²) in [5.41, 5.74) is 2.85. The van der Waals surface area contributed by atoms with Crippen molar-refractivity contribution in [3.63, 3.8) is 0 Å². The summed E-state index contributed by atoms with van der Waals surface area (Å²) in [6.07, 6.45) is 1.48. The molecule has 11 heteroatoms. The van der Waals surface area contributed by atoms with E-state index in [4.69, 9.17) is 34.8 Å². The van der Waals surface area contributed by atoms with Crippen molar-refractivity contribution in [1.29, 1.82) is 0 Å². The van der Waals surface area contributed by atoms with Crippen LogP contribution >= 0.6 is 46.1 Å². The zero-order valence-corrected chi connectivity index (χ0v) is 19.7. The first kappa shape index (κ1) is 23.7. The minimum atomic E-state index is -4.03. The molecular weight excluding hydrogens is 501 g/mol. The molecule has 3 rings (SSSR count). The van der Waals surface area contributed by atoms with E-state index in [1.54, 1.807) is 12.1 Å². The topological polar surface area (TPSA) is 78.8 Å². The molecule has 0 saturated carbocycles. The average molecular weight is 517 g/mol. The predicted molar refractivity (Wildman–Crippen MR) is 126 cm³/mol. The van der Waals surface area contributed by atoms with Gasteiger partial charge in [-0.25, -0.2) is 13.8 Å². The Kier molecular flexibility index (Phi) is 8.10. The second-order valence-electron chi connectivity index (χ2n) is 6.27. The third-order valence-corrected chi connectivity index (χ3v) is 7.51. The quantitative estimate of drug-likeness (QED) is 0.336. The molecule has 0 aliphatic carbocycles. The molecule has 1 heterocycles. The van der Waals surface area contributed by atoms with E-state index in [2.05, 4.69) is 10.5 Å². The number of amides is 1.